The normalized spacial score (nSPS) is 10.8. The summed E-state index contributed by atoms with van der Waals surface area (Å²) < 4.78 is 3.36. The Balaban J connectivity index is 2.03. The molecule has 7 nitrogen and oxygen atoms in total. The predicted molar refractivity (Wildman–Crippen MR) is 74.5 cm³/mol. The van der Waals surface area contributed by atoms with Gasteiger partial charge in [-0.05, 0) is 20.8 Å². The van der Waals surface area contributed by atoms with E-state index in [0.717, 1.165) is 5.82 Å². The summed E-state index contributed by atoms with van der Waals surface area (Å²) in [6, 6.07) is 3.00. The minimum atomic E-state index is -0.241. The van der Waals surface area contributed by atoms with Gasteiger partial charge >= 0.3 is 0 Å². The minimum Gasteiger partial charge on any atom is -0.345 e. The van der Waals surface area contributed by atoms with Crippen molar-refractivity contribution in [1.82, 2.24) is 19.3 Å². The van der Waals surface area contributed by atoms with Crippen LogP contribution in [-0.2, 0) is 11.3 Å². The van der Waals surface area contributed by atoms with Gasteiger partial charge in [-0.3, -0.25) is 14.9 Å². The van der Waals surface area contributed by atoms with Crippen molar-refractivity contribution in [3.8, 4) is 0 Å². The fourth-order valence-corrected chi connectivity index (χ4v) is 1.82. The molecule has 0 aliphatic heterocycles. The lowest BCUT2D eigenvalue weighted by atomic mass is 10.4. The Bertz CT molecular complexity index is 651. The van der Waals surface area contributed by atoms with Gasteiger partial charge in [0.15, 0.2) is 5.43 Å². The first-order valence-corrected chi connectivity index (χ1v) is 6.35. The SMILES string of the molecule is Cc1nc(NC(=O)Cn2ccc(=O)cc2)nn1C(C)C. The lowest BCUT2D eigenvalue weighted by Gasteiger charge is -2.06. The number of aromatic nitrogens is 4. The van der Waals surface area contributed by atoms with Crippen LogP contribution >= 0.6 is 0 Å². The van der Waals surface area contributed by atoms with Crippen LogP contribution in [0, 0.1) is 6.92 Å². The molecule has 0 unspecified atom stereocenters. The van der Waals surface area contributed by atoms with Gasteiger partial charge in [0.1, 0.15) is 12.4 Å². The second-order valence-electron chi connectivity index (χ2n) is 4.78. The summed E-state index contributed by atoms with van der Waals surface area (Å²) >= 11 is 0. The molecule has 0 bridgehead atoms. The van der Waals surface area contributed by atoms with Crippen LogP contribution in [0.5, 0.6) is 0 Å². The highest BCUT2D eigenvalue weighted by Gasteiger charge is 2.11. The third-order valence-corrected chi connectivity index (χ3v) is 2.73. The number of nitrogens with one attached hydrogen (secondary N) is 1. The number of nitrogens with zero attached hydrogens (tertiary/aromatic N) is 4. The van der Waals surface area contributed by atoms with E-state index in [2.05, 4.69) is 15.4 Å². The first-order valence-electron chi connectivity index (χ1n) is 6.35. The quantitative estimate of drug-likeness (QED) is 0.901. The number of anilines is 1. The molecule has 1 amide bonds. The van der Waals surface area contributed by atoms with Gasteiger partial charge in [-0.2, -0.15) is 4.98 Å². The molecule has 20 heavy (non-hydrogen) atoms. The van der Waals surface area contributed by atoms with Gasteiger partial charge < -0.3 is 4.57 Å². The van der Waals surface area contributed by atoms with Crippen LogP contribution < -0.4 is 10.7 Å². The molecule has 2 heterocycles. The predicted octanol–water partition coefficient (Wildman–Crippen LogP) is 0.968. The van der Waals surface area contributed by atoms with E-state index in [1.54, 1.807) is 21.6 Å². The largest absolute Gasteiger partial charge is 0.345 e. The Morgan fingerprint density at radius 3 is 2.55 bits per heavy atom. The molecule has 106 valence electrons. The number of carbonyl (C=O) groups excluding carboxylic acids is 1. The second kappa shape index (κ2) is 5.68. The van der Waals surface area contributed by atoms with Gasteiger partial charge in [-0.1, -0.05) is 0 Å². The first-order chi connectivity index (χ1) is 9.45. The van der Waals surface area contributed by atoms with Crippen molar-refractivity contribution >= 4 is 11.9 Å². The molecule has 0 saturated carbocycles. The first kappa shape index (κ1) is 14.0. The highest BCUT2D eigenvalue weighted by molar-refractivity contribution is 5.88. The van der Waals surface area contributed by atoms with Gasteiger partial charge in [0.2, 0.25) is 11.9 Å². The number of hydrogen-bond acceptors (Lipinski definition) is 4. The zero-order chi connectivity index (χ0) is 14.7. The molecule has 0 fully saturated rings. The molecular weight excluding hydrogens is 258 g/mol. The summed E-state index contributed by atoms with van der Waals surface area (Å²) in [5.41, 5.74) is -0.0883. The molecule has 0 spiro atoms. The zero-order valence-corrected chi connectivity index (χ0v) is 11.7. The standard InChI is InChI=1S/C13H17N5O2/c1-9(2)18-10(3)14-13(16-18)15-12(20)8-17-6-4-11(19)5-7-17/h4-7,9H,8H2,1-3H3,(H,15,16,20). The van der Waals surface area contributed by atoms with E-state index in [-0.39, 0.29) is 23.9 Å². The molecule has 2 rings (SSSR count). The summed E-state index contributed by atoms with van der Waals surface area (Å²) in [6.07, 6.45) is 3.13. The molecule has 0 aromatic carbocycles. The van der Waals surface area contributed by atoms with Crippen LogP contribution in [0.1, 0.15) is 25.7 Å². The average Bonchev–Trinajstić information content (AvgIpc) is 2.73. The van der Waals surface area contributed by atoms with E-state index in [0.29, 0.717) is 5.95 Å². The summed E-state index contributed by atoms with van der Waals surface area (Å²) in [7, 11) is 0. The van der Waals surface area contributed by atoms with Gasteiger partial charge in [0.05, 0.1) is 0 Å². The van der Waals surface area contributed by atoms with Gasteiger partial charge in [-0.15, -0.1) is 5.10 Å². The average molecular weight is 275 g/mol. The van der Waals surface area contributed by atoms with Crippen molar-refractivity contribution in [1.29, 1.82) is 0 Å². The number of aryl methyl sites for hydroxylation is 1. The molecule has 0 atom stereocenters. The van der Waals surface area contributed by atoms with Crippen molar-refractivity contribution in [2.24, 2.45) is 0 Å². The van der Waals surface area contributed by atoms with Gasteiger partial charge in [-0.25, -0.2) is 4.68 Å². The molecule has 0 aliphatic rings. The molecule has 0 aliphatic carbocycles. The number of hydrogen-bond donors (Lipinski definition) is 1. The summed E-state index contributed by atoms with van der Waals surface area (Å²) in [5, 5.41) is 6.86. The Morgan fingerprint density at radius 1 is 1.35 bits per heavy atom. The van der Waals surface area contributed by atoms with Crippen LogP contribution in [0.2, 0.25) is 0 Å². The van der Waals surface area contributed by atoms with Crippen molar-refractivity contribution in [3.05, 3.63) is 40.6 Å². The number of carbonyl (C=O) groups is 1. The van der Waals surface area contributed by atoms with E-state index in [1.165, 1.54) is 12.1 Å². The molecule has 2 aromatic heterocycles. The third-order valence-electron chi connectivity index (χ3n) is 2.73. The van der Waals surface area contributed by atoms with Crippen LogP contribution in [0.25, 0.3) is 0 Å². The number of pyridine rings is 1. The second-order valence-corrected chi connectivity index (χ2v) is 4.78. The molecular formula is C13H17N5O2. The molecule has 0 saturated heterocycles. The monoisotopic (exact) mass is 275 g/mol. The summed E-state index contributed by atoms with van der Waals surface area (Å²) in [5.74, 6) is 0.801. The summed E-state index contributed by atoms with van der Waals surface area (Å²) in [6.45, 7) is 5.93. The third kappa shape index (κ3) is 3.31. The Kier molecular flexibility index (Phi) is 3.97. The van der Waals surface area contributed by atoms with Crippen molar-refractivity contribution in [3.63, 3.8) is 0 Å². The highest BCUT2D eigenvalue weighted by atomic mass is 16.2. The lowest BCUT2D eigenvalue weighted by molar-refractivity contribution is -0.116. The van der Waals surface area contributed by atoms with E-state index in [4.69, 9.17) is 0 Å². The fourth-order valence-electron chi connectivity index (χ4n) is 1.82. The molecule has 0 radical (unpaired) electrons. The maximum Gasteiger partial charge on any atom is 0.249 e. The lowest BCUT2D eigenvalue weighted by Crippen LogP contribution is -2.20. The molecule has 7 heteroatoms. The van der Waals surface area contributed by atoms with Crippen LogP contribution in [0.15, 0.2) is 29.3 Å². The van der Waals surface area contributed by atoms with Crippen molar-refractivity contribution < 1.29 is 4.79 Å². The van der Waals surface area contributed by atoms with Gasteiger partial charge in [0.25, 0.3) is 0 Å². The fraction of sp³-hybridized carbons (Fsp3) is 0.385. The maximum atomic E-state index is 11.9. The topological polar surface area (TPSA) is 81.8 Å². The van der Waals surface area contributed by atoms with E-state index >= 15 is 0 Å². The van der Waals surface area contributed by atoms with E-state index in [1.807, 2.05) is 20.8 Å². The van der Waals surface area contributed by atoms with Gasteiger partial charge in [0, 0.05) is 30.6 Å². The Labute approximate surface area is 116 Å². The smallest absolute Gasteiger partial charge is 0.249 e. The van der Waals surface area contributed by atoms with Crippen molar-refractivity contribution in [2.45, 2.75) is 33.4 Å². The summed E-state index contributed by atoms with van der Waals surface area (Å²) in [4.78, 5) is 27.0. The Morgan fingerprint density at radius 2 is 2.00 bits per heavy atom. The zero-order valence-electron chi connectivity index (χ0n) is 11.7. The molecule has 1 N–H and O–H groups in total. The highest BCUT2D eigenvalue weighted by Crippen LogP contribution is 2.09. The Hall–Kier alpha value is -2.44. The van der Waals surface area contributed by atoms with E-state index < -0.39 is 0 Å². The number of rotatable bonds is 4. The maximum absolute atomic E-state index is 11.9. The van der Waals surface area contributed by atoms with Crippen LogP contribution in [0.4, 0.5) is 5.95 Å². The molecule has 2 aromatic rings. The minimum absolute atomic E-state index is 0.0883. The van der Waals surface area contributed by atoms with Crippen LogP contribution in [0.3, 0.4) is 0 Å². The van der Waals surface area contributed by atoms with Crippen LogP contribution in [-0.4, -0.2) is 25.2 Å². The van der Waals surface area contributed by atoms with E-state index in [9.17, 15) is 9.59 Å². The number of amides is 1. The van der Waals surface area contributed by atoms with Crippen molar-refractivity contribution in [2.75, 3.05) is 5.32 Å².